The summed E-state index contributed by atoms with van der Waals surface area (Å²) >= 11 is 6.04. The number of likely N-dealkylation sites (tertiary alicyclic amines) is 1. The molecule has 2 aliphatic rings. The summed E-state index contributed by atoms with van der Waals surface area (Å²) in [6, 6.07) is 5.10. The number of rotatable bonds is 4. The molecule has 1 saturated carbocycles. The smallest absolute Gasteiger partial charge is 0.257 e. The Morgan fingerprint density at radius 2 is 1.80 bits per heavy atom. The van der Waals surface area contributed by atoms with Crippen LogP contribution >= 0.6 is 11.6 Å². The Morgan fingerprint density at radius 3 is 2.40 bits per heavy atom. The number of nitrogens with zero attached hydrogens (tertiary/aromatic N) is 3. The molecule has 0 unspecified atom stereocenters. The van der Waals surface area contributed by atoms with Gasteiger partial charge in [0.2, 0.25) is 11.8 Å². The SMILES string of the molecule is COc1ccc(Cl)cc1C(=O)N1CCC(c2nnc(C3CC3)o2)CC1. The van der Waals surface area contributed by atoms with Crippen molar-refractivity contribution in [3.8, 4) is 5.75 Å². The number of hydrogen-bond donors (Lipinski definition) is 0. The van der Waals surface area contributed by atoms with Crippen LogP contribution in [0.3, 0.4) is 0 Å². The van der Waals surface area contributed by atoms with Crippen LogP contribution in [0.25, 0.3) is 0 Å². The van der Waals surface area contributed by atoms with E-state index in [4.69, 9.17) is 20.8 Å². The zero-order valence-electron chi connectivity index (χ0n) is 14.1. The highest BCUT2D eigenvalue weighted by Gasteiger charge is 2.32. The summed E-state index contributed by atoms with van der Waals surface area (Å²) in [6.45, 7) is 1.31. The first-order chi connectivity index (χ1) is 12.2. The van der Waals surface area contributed by atoms with Gasteiger partial charge in [-0.05, 0) is 43.9 Å². The largest absolute Gasteiger partial charge is 0.496 e. The molecule has 2 aromatic rings. The molecule has 1 aliphatic carbocycles. The lowest BCUT2D eigenvalue weighted by Crippen LogP contribution is -2.38. The number of carbonyl (C=O) groups is 1. The third-order valence-electron chi connectivity index (χ3n) is 4.91. The van der Waals surface area contributed by atoms with Crippen LogP contribution in [0.15, 0.2) is 22.6 Å². The van der Waals surface area contributed by atoms with Gasteiger partial charge in [0, 0.05) is 29.9 Å². The van der Waals surface area contributed by atoms with Crippen molar-refractivity contribution < 1.29 is 13.9 Å². The van der Waals surface area contributed by atoms with E-state index >= 15 is 0 Å². The zero-order chi connectivity index (χ0) is 17.4. The second-order valence-electron chi connectivity index (χ2n) is 6.66. The average molecular weight is 362 g/mol. The van der Waals surface area contributed by atoms with E-state index in [1.54, 1.807) is 25.3 Å². The summed E-state index contributed by atoms with van der Waals surface area (Å²) in [5, 5.41) is 8.90. The van der Waals surface area contributed by atoms with Crippen molar-refractivity contribution in [2.75, 3.05) is 20.2 Å². The Labute approximate surface area is 151 Å². The van der Waals surface area contributed by atoms with Crippen LogP contribution in [-0.4, -0.2) is 41.2 Å². The van der Waals surface area contributed by atoms with Gasteiger partial charge in [-0.3, -0.25) is 4.79 Å². The summed E-state index contributed by atoms with van der Waals surface area (Å²) in [5.74, 6) is 2.68. The number of benzene rings is 1. The Morgan fingerprint density at radius 1 is 1.16 bits per heavy atom. The Balaban J connectivity index is 1.42. The Kier molecular flexibility index (Phi) is 4.37. The van der Waals surface area contributed by atoms with E-state index in [2.05, 4.69) is 10.2 Å². The maximum Gasteiger partial charge on any atom is 0.257 e. The zero-order valence-corrected chi connectivity index (χ0v) is 14.8. The summed E-state index contributed by atoms with van der Waals surface area (Å²) in [4.78, 5) is 14.6. The first-order valence-corrected chi connectivity index (χ1v) is 8.99. The monoisotopic (exact) mass is 361 g/mol. The van der Waals surface area contributed by atoms with Crippen molar-refractivity contribution in [3.05, 3.63) is 40.6 Å². The van der Waals surface area contributed by atoms with Crippen LogP contribution in [0.2, 0.25) is 5.02 Å². The normalized spacial score (nSPS) is 18.4. The van der Waals surface area contributed by atoms with E-state index in [1.807, 2.05) is 4.90 Å². The van der Waals surface area contributed by atoms with Crippen LogP contribution in [-0.2, 0) is 0 Å². The number of amides is 1. The number of methoxy groups -OCH3 is 1. The van der Waals surface area contributed by atoms with Gasteiger partial charge in [0.1, 0.15) is 5.75 Å². The van der Waals surface area contributed by atoms with Crippen LogP contribution in [0.4, 0.5) is 0 Å². The van der Waals surface area contributed by atoms with E-state index in [9.17, 15) is 4.79 Å². The third-order valence-corrected chi connectivity index (χ3v) is 5.14. The van der Waals surface area contributed by atoms with Gasteiger partial charge in [-0.1, -0.05) is 11.6 Å². The molecule has 1 aromatic heterocycles. The van der Waals surface area contributed by atoms with Crippen molar-refractivity contribution in [2.45, 2.75) is 37.5 Å². The fourth-order valence-electron chi connectivity index (χ4n) is 3.25. The minimum Gasteiger partial charge on any atom is -0.496 e. The van der Waals surface area contributed by atoms with Crippen molar-refractivity contribution in [2.24, 2.45) is 0 Å². The second-order valence-corrected chi connectivity index (χ2v) is 7.10. The van der Waals surface area contributed by atoms with E-state index in [-0.39, 0.29) is 11.8 Å². The van der Waals surface area contributed by atoms with Gasteiger partial charge in [-0.15, -0.1) is 10.2 Å². The number of halogens is 1. The van der Waals surface area contributed by atoms with E-state index in [1.165, 1.54) is 0 Å². The van der Waals surface area contributed by atoms with Gasteiger partial charge in [0.25, 0.3) is 5.91 Å². The molecule has 0 spiro atoms. The van der Waals surface area contributed by atoms with Gasteiger partial charge < -0.3 is 14.1 Å². The molecular formula is C18H20ClN3O3. The lowest BCUT2D eigenvalue weighted by atomic mass is 9.96. The van der Waals surface area contributed by atoms with Crippen LogP contribution in [0.5, 0.6) is 5.75 Å². The van der Waals surface area contributed by atoms with Crippen molar-refractivity contribution in [1.82, 2.24) is 15.1 Å². The third kappa shape index (κ3) is 3.35. The maximum absolute atomic E-state index is 12.8. The molecule has 1 amide bonds. The molecule has 1 saturated heterocycles. The minimum atomic E-state index is -0.0537. The van der Waals surface area contributed by atoms with Gasteiger partial charge in [0.15, 0.2) is 0 Å². The van der Waals surface area contributed by atoms with Gasteiger partial charge in [-0.25, -0.2) is 0 Å². The first kappa shape index (κ1) is 16.4. The molecule has 4 rings (SSSR count). The molecule has 1 aromatic carbocycles. The van der Waals surface area contributed by atoms with E-state index in [0.717, 1.165) is 31.6 Å². The number of ether oxygens (including phenoxy) is 1. The highest BCUT2D eigenvalue weighted by atomic mass is 35.5. The van der Waals surface area contributed by atoms with Crippen molar-refractivity contribution in [1.29, 1.82) is 0 Å². The lowest BCUT2D eigenvalue weighted by Gasteiger charge is -2.30. The topological polar surface area (TPSA) is 68.5 Å². The Hall–Kier alpha value is -2.08. The van der Waals surface area contributed by atoms with Crippen LogP contribution < -0.4 is 4.74 Å². The maximum atomic E-state index is 12.8. The molecule has 0 N–H and O–H groups in total. The molecule has 0 bridgehead atoms. The lowest BCUT2D eigenvalue weighted by molar-refractivity contribution is 0.0702. The van der Waals surface area contributed by atoms with Crippen LogP contribution in [0, 0.1) is 0 Å². The standard InChI is InChI=1S/C18H20ClN3O3/c1-24-15-5-4-13(19)10-14(15)18(23)22-8-6-12(7-9-22)17-21-20-16(25-17)11-2-3-11/h4-5,10-12H,2-3,6-9H2,1H3. The Bertz CT molecular complexity index is 780. The molecular weight excluding hydrogens is 342 g/mol. The van der Waals surface area contributed by atoms with E-state index < -0.39 is 0 Å². The van der Waals surface area contributed by atoms with Gasteiger partial charge >= 0.3 is 0 Å². The van der Waals surface area contributed by atoms with Crippen molar-refractivity contribution >= 4 is 17.5 Å². The molecule has 25 heavy (non-hydrogen) atoms. The minimum absolute atomic E-state index is 0.0537. The van der Waals surface area contributed by atoms with Crippen molar-refractivity contribution in [3.63, 3.8) is 0 Å². The average Bonchev–Trinajstić information content (AvgIpc) is 3.38. The second kappa shape index (κ2) is 6.67. The fraction of sp³-hybridized carbons (Fsp3) is 0.500. The molecule has 0 atom stereocenters. The molecule has 2 fully saturated rings. The highest BCUT2D eigenvalue weighted by molar-refractivity contribution is 6.31. The summed E-state index contributed by atoms with van der Waals surface area (Å²) in [6.07, 6.45) is 3.94. The summed E-state index contributed by atoms with van der Waals surface area (Å²) in [5.41, 5.74) is 0.502. The van der Waals surface area contributed by atoms with E-state index in [0.29, 0.717) is 41.2 Å². The number of piperidine rings is 1. The molecule has 132 valence electrons. The van der Waals surface area contributed by atoms with Crippen LogP contribution in [0.1, 0.15) is 59.7 Å². The van der Waals surface area contributed by atoms with Gasteiger partial charge in [0.05, 0.1) is 12.7 Å². The molecule has 6 nitrogen and oxygen atoms in total. The summed E-state index contributed by atoms with van der Waals surface area (Å²) in [7, 11) is 1.55. The number of aromatic nitrogens is 2. The highest BCUT2D eigenvalue weighted by Crippen LogP contribution is 2.40. The fourth-order valence-corrected chi connectivity index (χ4v) is 3.43. The predicted molar refractivity (Wildman–Crippen MR) is 92.2 cm³/mol. The number of carbonyl (C=O) groups excluding carboxylic acids is 1. The van der Waals surface area contributed by atoms with Gasteiger partial charge in [-0.2, -0.15) is 0 Å². The first-order valence-electron chi connectivity index (χ1n) is 8.62. The quantitative estimate of drug-likeness (QED) is 0.831. The number of hydrogen-bond acceptors (Lipinski definition) is 5. The molecule has 2 heterocycles. The molecule has 0 radical (unpaired) electrons. The molecule has 7 heteroatoms. The predicted octanol–water partition coefficient (Wildman–Crippen LogP) is 3.63. The molecule has 1 aliphatic heterocycles. The summed E-state index contributed by atoms with van der Waals surface area (Å²) < 4.78 is 11.1.